The van der Waals surface area contributed by atoms with Crippen LogP contribution in [0.1, 0.15) is 13.8 Å². The average Bonchev–Trinajstić information content (AvgIpc) is 2.61. The zero-order valence-electron chi connectivity index (χ0n) is 15.6. The number of anilines is 1. The van der Waals surface area contributed by atoms with Crippen LogP contribution >= 0.6 is 24.0 Å². The maximum Gasteiger partial charge on any atom is 0.215 e. The van der Waals surface area contributed by atoms with Crippen LogP contribution in [0.25, 0.3) is 0 Å². The Morgan fingerprint density at radius 3 is 2.50 bits per heavy atom. The first-order valence-corrected chi connectivity index (χ1v) is 10.1. The Kier molecular flexibility index (Phi) is 9.58. The summed E-state index contributed by atoms with van der Waals surface area (Å²) >= 11 is 0. The third-order valence-corrected chi connectivity index (χ3v) is 5.78. The zero-order valence-corrected chi connectivity index (χ0v) is 18.7. The topological polar surface area (TPSA) is 89.9 Å². The summed E-state index contributed by atoms with van der Waals surface area (Å²) in [5.41, 5.74) is 0. The fraction of sp³-hybridized carbons (Fsp3) is 0.625. The van der Waals surface area contributed by atoms with Gasteiger partial charge < -0.3 is 15.5 Å². The van der Waals surface area contributed by atoms with Crippen LogP contribution in [0, 0.1) is 0 Å². The van der Waals surface area contributed by atoms with Crippen molar-refractivity contribution in [2.24, 2.45) is 4.99 Å². The number of aromatic nitrogens is 1. The predicted octanol–water partition coefficient (Wildman–Crippen LogP) is 0.725. The maximum atomic E-state index is 12.5. The molecule has 8 nitrogen and oxygen atoms in total. The number of hydrogen-bond donors (Lipinski definition) is 2. The van der Waals surface area contributed by atoms with E-state index in [9.17, 15) is 8.42 Å². The quantitative estimate of drug-likeness (QED) is 0.343. The minimum atomic E-state index is -3.28. The first kappa shape index (κ1) is 22.9. The van der Waals surface area contributed by atoms with Crippen LogP contribution in [0.5, 0.6) is 0 Å². The molecule has 0 spiro atoms. The van der Waals surface area contributed by atoms with Gasteiger partial charge in [0.05, 0.1) is 5.75 Å². The van der Waals surface area contributed by atoms with Crippen molar-refractivity contribution >= 4 is 45.8 Å². The smallest absolute Gasteiger partial charge is 0.215 e. The number of sulfonamides is 1. The molecule has 148 valence electrons. The molecule has 0 bridgehead atoms. The van der Waals surface area contributed by atoms with Crippen LogP contribution in [0.15, 0.2) is 29.4 Å². The van der Waals surface area contributed by atoms with Crippen molar-refractivity contribution in [3.8, 4) is 0 Å². The molecule has 1 aromatic heterocycles. The second-order valence-electron chi connectivity index (χ2n) is 6.19. The largest absolute Gasteiger partial charge is 0.355 e. The van der Waals surface area contributed by atoms with Gasteiger partial charge in [-0.2, -0.15) is 4.31 Å². The van der Waals surface area contributed by atoms with Crippen molar-refractivity contribution in [3.63, 3.8) is 0 Å². The third kappa shape index (κ3) is 6.88. The molecule has 0 amide bonds. The molecule has 1 aliphatic heterocycles. The average molecular weight is 496 g/mol. The van der Waals surface area contributed by atoms with Gasteiger partial charge in [-0.1, -0.05) is 6.07 Å². The van der Waals surface area contributed by atoms with E-state index in [2.05, 4.69) is 25.5 Å². The van der Waals surface area contributed by atoms with E-state index in [1.54, 1.807) is 17.5 Å². The summed E-state index contributed by atoms with van der Waals surface area (Å²) in [6.07, 6.45) is 1.75. The highest BCUT2D eigenvalue weighted by molar-refractivity contribution is 14.0. The number of aliphatic imine (C=N–C) groups is 1. The molecule has 1 aromatic rings. The first-order chi connectivity index (χ1) is 11.9. The molecule has 1 saturated heterocycles. The zero-order chi connectivity index (χ0) is 18.3. The van der Waals surface area contributed by atoms with E-state index < -0.39 is 10.0 Å². The molecule has 10 heteroatoms. The summed E-state index contributed by atoms with van der Waals surface area (Å²) in [6, 6.07) is 6.00. The monoisotopic (exact) mass is 496 g/mol. The van der Waals surface area contributed by atoms with E-state index in [1.807, 2.05) is 32.0 Å². The van der Waals surface area contributed by atoms with E-state index in [1.165, 1.54) is 0 Å². The highest BCUT2D eigenvalue weighted by atomic mass is 127. The first-order valence-electron chi connectivity index (χ1n) is 8.53. The van der Waals surface area contributed by atoms with Gasteiger partial charge in [-0.05, 0) is 26.0 Å². The van der Waals surface area contributed by atoms with E-state index in [-0.39, 0.29) is 35.8 Å². The Hall–Kier alpha value is -1.14. The summed E-state index contributed by atoms with van der Waals surface area (Å²) in [6.45, 7) is 6.61. The molecule has 0 unspecified atom stereocenters. The van der Waals surface area contributed by atoms with Gasteiger partial charge in [-0.3, -0.25) is 4.99 Å². The highest BCUT2D eigenvalue weighted by Gasteiger charge is 2.27. The summed E-state index contributed by atoms with van der Waals surface area (Å²) in [4.78, 5) is 10.5. The number of piperazine rings is 1. The lowest BCUT2D eigenvalue weighted by molar-refractivity contribution is 0.384. The van der Waals surface area contributed by atoms with E-state index in [0.717, 1.165) is 5.82 Å². The van der Waals surface area contributed by atoms with Gasteiger partial charge in [0.15, 0.2) is 5.96 Å². The van der Waals surface area contributed by atoms with Gasteiger partial charge in [0.25, 0.3) is 0 Å². The Labute approximate surface area is 173 Å². The van der Waals surface area contributed by atoms with Crippen molar-refractivity contribution in [2.45, 2.75) is 19.9 Å². The van der Waals surface area contributed by atoms with Crippen LogP contribution in [-0.4, -0.2) is 75.2 Å². The number of nitrogens with zero attached hydrogens (tertiary/aromatic N) is 4. The molecule has 0 atom stereocenters. The molecule has 0 radical (unpaired) electrons. The minimum Gasteiger partial charge on any atom is -0.355 e. The van der Waals surface area contributed by atoms with Crippen molar-refractivity contribution in [3.05, 3.63) is 24.4 Å². The molecular formula is C16H29IN6O2S. The van der Waals surface area contributed by atoms with E-state index in [4.69, 9.17) is 0 Å². The number of halogens is 1. The van der Waals surface area contributed by atoms with Crippen LogP contribution in [0.3, 0.4) is 0 Å². The third-order valence-electron chi connectivity index (χ3n) is 3.91. The molecule has 2 heterocycles. The van der Waals surface area contributed by atoms with Crippen molar-refractivity contribution < 1.29 is 8.42 Å². The maximum absolute atomic E-state index is 12.5. The predicted molar refractivity (Wildman–Crippen MR) is 117 cm³/mol. The van der Waals surface area contributed by atoms with Gasteiger partial charge in [0.1, 0.15) is 5.82 Å². The Balaban J connectivity index is 0.00000338. The Bertz CT molecular complexity index is 661. The van der Waals surface area contributed by atoms with Crippen LogP contribution in [0.2, 0.25) is 0 Å². The molecular weight excluding hydrogens is 467 g/mol. The molecule has 2 N–H and O–H groups in total. The summed E-state index contributed by atoms with van der Waals surface area (Å²) in [7, 11) is -1.61. The summed E-state index contributed by atoms with van der Waals surface area (Å²) < 4.78 is 26.6. The number of pyridine rings is 1. The lowest BCUT2D eigenvalue weighted by Gasteiger charge is -2.34. The standard InChI is InChI=1S/C16H28N6O2S.HI/c1-14(2)20-16(17-3)19-8-13-25(23,24)22-11-9-21(10-12-22)15-6-4-5-7-18-15;/h4-7,14H,8-13H2,1-3H3,(H2,17,19,20);1H. The molecule has 1 aliphatic rings. The summed E-state index contributed by atoms with van der Waals surface area (Å²) in [5, 5.41) is 6.18. The highest BCUT2D eigenvalue weighted by Crippen LogP contribution is 2.14. The Morgan fingerprint density at radius 1 is 1.27 bits per heavy atom. The number of nitrogens with one attached hydrogen (secondary N) is 2. The molecule has 1 fully saturated rings. The summed E-state index contributed by atoms with van der Waals surface area (Å²) in [5.74, 6) is 1.56. The van der Waals surface area contributed by atoms with Gasteiger partial charge in [0.2, 0.25) is 10.0 Å². The second-order valence-corrected chi connectivity index (χ2v) is 8.28. The van der Waals surface area contributed by atoms with Crippen LogP contribution in [0.4, 0.5) is 5.82 Å². The van der Waals surface area contributed by atoms with Gasteiger partial charge in [-0.15, -0.1) is 24.0 Å². The molecule has 2 rings (SSSR count). The van der Waals surface area contributed by atoms with Crippen molar-refractivity contribution in [1.82, 2.24) is 19.9 Å². The fourth-order valence-electron chi connectivity index (χ4n) is 2.63. The molecule has 0 aliphatic carbocycles. The number of hydrogen-bond acceptors (Lipinski definition) is 5. The van der Waals surface area contributed by atoms with Crippen molar-refractivity contribution in [2.75, 3.05) is 50.4 Å². The normalized spacial score (nSPS) is 16.3. The second kappa shape index (κ2) is 10.9. The molecule has 26 heavy (non-hydrogen) atoms. The van der Waals surface area contributed by atoms with E-state index in [0.29, 0.717) is 38.7 Å². The Morgan fingerprint density at radius 2 is 1.96 bits per heavy atom. The lowest BCUT2D eigenvalue weighted by atomic mass is 10.3. The van der Waals surface area contributed by atoms with Gasteiger partial charge in [0, 0.05) is 52.0 Å². The van der Waals surface area contributed by atoms with Gasteiger partial charge in [-0.25, -0.2) is 13.4 Å². The number of guanidine groups is 1. The van der Waals surface area contributed by atoms with E-state index >= 15 is 0 Å². The van der Waals surface area contributed by atoms with Crippen LogP contribution in [-0.2, 0) is 10.0 Å². The van der Waals surface area contributed by atoms with Crippen LogP contribution < -0.4 is 15.5 Å². The molecule has 0 aromatic carbocycles. The fourth-order valence-corrected chi connectivity index (χ4v) is 3.97. The SMILES string of the molecule is CN=C(NCCS(=O)(=O)N1CCN(c2ccccn2)CC1)NC(C)C.I. The minimum absolute atomic E-state index is 0. The lowest BCUT2D eigenvalue weighted by Crippen LogP contribution is -2.50. The molecule has 0 saturated carbocycles. The number of rotatable bonds is 6. The van der Waals surface area contributed by atoms with Gasteiger partial charge >= 0.3 is 0 Å². The van der Waals surface area contributed by atoms with Crippen molar-refractivity contribution in [1.29, 1.82) is 0 Å².